The van der Waals surface area contributed by atoms with E-state index in [0.717, 1.165) is 30.0 Å². The van der Waals surface area contributed by atoms with Crippen LogP contribution in [0.4, 0.5) is 0 Å². The molecule has 1 aromatic rings. The Balaban J connectivity index is 1.52. The molecule has 3 N–H and O–H groups in total. The van der Waals surface area contributed by atoms with Gasteiger partial charge in [0.25, 0.3) is 11.8 Å². The molecule has 1 aromatic carbocycles. The Morgan fingerprint density at radius 1 is 1.11 bits per heavy atom. The van der Waals surface area contributed by atoms with Crippen molar-refractivity contribution in [1.29, 1.82) is 0 Å². The summed E-state index contributed by atoms with van der Waals surface area (Å²) in [5.41, 5.74) is 1.43. The molecule has 0 spiro atoms. The van der Waals surface area contributed by atoms with E-state index in [9.17, 15) is 19.2 Å². The van der Waals surface area contributed by atoms with Gasteiger partial charge in [-0.25, -0.2) is 0 Å². The molecule has 0 aliphatic carbocycles. The van der Waals surface area contributed by atoms with Crippen LogP contribution in [0.25, 0.3) is 0 Å². The van der Waals surface area contributed by atoms with Crippen molar-refractivity contribution in [3.8, 4) is 0 Å². The number of carbonyl (C=O) groups is 4. The summed E-state index contributed by atoms with van der Waals surface area (Å²) in [6.45, 7) is 2.30. The number of fused-ring (bicyclic) bond motifs is 1. The number of amides is 4. The normalized spacial score (nSPS) is 25.1. The van der Waals surface area contributed by atoms with Gasteiger partial charge in [0.2, 0.25) is 11.8 Å². The number of piperidine rings is 1. The Morgan fingerprint density at radius 3 is 2.70 bits per heavy atom. The molecule has 0 aromatic heterocycles. The second-order valence-corrected chi connectivity index (χ2v) is 7.21. The third-order valence-electron chi connectivity index (χ3n) is 5.42. The van der Waals surface area contributed by atoms with E-state index >= 15 is 0 Å². The minimum atomic E-state index is -0.932. The van der Waals surface area contributed by atoms with E-state index in [2.05, 4.69) is 16.0 Å². The van der Waals surface area contributed by atoms with Crippen LogP contribution in [0.3, 0.4) is 0 Å². The Hall–Kier alpha value is -2.58. The molecule has 0 radical (unpaired) electrons. The molecular formula is C19H22N4O4. The molecule has 2 saturated heterocycles. The zero-order valence-corrected chi connectivity index (χ0v) is 14.9. The van der Waals surface area contributed by atoms with Crippen LogP contribution < -0.4 is 16.0 Å². The summed E-state index contributed by atoms with van der Waals surface area (Å²) in [5.74, 6) is -1.89. The number of nitrogens with one attached hydrogen (secondary N) is 3. The first-order valence-corrected chi connectivity index (χ1v) is 9.34. The van der Waals surface area contributed by atoms with Crippen molar-refractivity contribution in [2.45, 2.75) is 44.3 Å². The van der Waals surface area contributed by atoms with Gasteiger partial charge in [-0.05, 0) is 37.4 Å². The minimum Gasteiger partial charge on any atom is -0.313 e. The van der Waals surface area contributed by atoms with Crippen molar-refractivity contribution in [2.75, 3.05) is 13.1 Å². The Kier molecular flexibility index (Phi) is 4.75. The summed E-state index contributed by atoms with van der Waals surface area (Å²) >= 11 is 0. The quantitative estimate of drug-likeness (QED) is 0.627. The standard InChI is InChI=1S/C19H22N4O4/c24-15-7-6-14(17(25)22-15)23-18(26)13-5-1-3-11(16(13)19(23)27)9-20-10-12-4-2-8-21-12/h1,3,5,12,14,20-21H,2,4,6-10H2,(H,22,24,25). The zero-order valence-electron chi connectivity index (χ0n) is 14.9. The molecule has 27 heavy (non-hydrogen) atoms. The van der Waals surface area contributed by atoms with Crippen LogP contribution in [0.1, 0.15) is 52.0 Å². The van der Waals surface area contributed by atoms with Gasteiger partial charge in [0, 0.05) is 25.6 Å². The average molecular weight is 370 g/mol. The number of rotatable bonds is 5. The molecule has 4 amide bonds. The van der Waals surface area contributed by atoms with Crippen molar-refractivity contribution in [1.82, 2.24) is 20.9 Å². The highest BCUT2D eigenvalue weighted by atomic mass is 16.2. The third kappa shape index (κ3) is 3.26. The van der Waals surface area contributed by atoms with Crippen LogP contribution >= 0.6 is 0 Å². The number of benzene rings is 1. The highest BCUT2D eigenvalue weighted by molar-refractivity contribution is 6.24. The molecule has 142 valence electrons. The Labute approximate surface area is 156 Å². The molecule has 0 saturated carbocycles. The monoisotopic (exact) mass is 370 g/mol. The second kappa shape index (κ2) is 7.21. The number of imide groups is 2. The Bertz CT molecular complexity index is 816. The van der Waals surface area contributed by atoms with Crippen molar-refractivity contribution in [3.05, 3.63) is 34.9 Å². The molecule has 2 atom stereocenters. The zero-order chi connectivity index (χ0) is 19.0. The number of carbonyl (C=O) groups excluding carboxylic acids is 4. The highest BCUT2D eigenvalue weighted by Gasteiger charge is 2.45. The van der Waals surface area contributed by atoms with Crippen molar-refractivity contribution in [2.24, 2.45) is 0 Å². The smallest absolute Gasteiger partial charge is 0.262 e. The van der Waals surface area contributed by atoms with Gasteiger partial charge in [0.15, 0.2) is 0 Å². The van der Waals surface area contributed by atoms with E-state index in [1.54, 1.807) is 12.1 Å². The maximum Gasteiger partial charge on any atom is 0.262 e. The fourth-order valence-electron chi connectivity index (χ4n) is 4.04. The fraction of sp³-hybridized carbons (Fsp3) is 0.474. The van der Waals surface area contributed by atoms with Gasteiger partial charge in [-0.3, -0.25) is 29.4 Å². The van der Waals surface area contributed by atoms with Gasteiger partial charge in [-0.1, -0.05) is 12.1 Å². The summed E-state index contributed by atoms with van der Waals surface area (Å²) in [6, 6.07) is 4.69. The molecule has 2 fully saturated rings. The predicted octanol–water partition coefficient (Wildman–Crippen LogP) is -0.0706. The molecule has 3 aliphatic rings. The summed E-state index contributed by atoms with van der Waals surface area (Å²) in [7, 11) is 0. The molecular weight excluding hydrogens is 348 g/mol. The minimum absolute atomic E-state index is 0.118. The van der Waals surface area contributed by atoms with Gasteiger partial charge < -0.3 is 10.6 Å². The first kappa shape index (κ1) is 17.8. The molecule has 8 nitrogen and oxygen atoms in total. The second-order valence-electron chi connectivity index (χ2n) is 7.21. The van der Waals surface area contributed by atoms with E-state index in [1.165, 1.54) is 6.42 Å². The fourth-order valence-corrected chi connectivity index (χ4v) is 4.04. The van der Waals surface area contributed by atoms with E-state index < -0.39 is 23.8 Å². The van der Waals surface area contributed by atoms with Gasteiger partial charge in [-0.2, -0.15) is 0 Å². The summed E-state index contributed by atoms with van der Waals surface area (Å²) in [5, 5.41) is 8.97. The van der Waals surface area contributed by atoms with E-state index in [1.807, 2.05) is 6.07 Å². The topological polar surface area (TPSA) is 108 Å². The molecule has 0 bridgehead atoms. The summed E-state index contributed by atoms with van der Waals surface area (Å²) in [6.07, 6.45) is 2.57. The van der Waals surface area contributed by atoms with Crippen molar-refractivity contribution in [3.63, 3.8) is 0 Å². The maximum atomic E-state index is 13.0. The lowest BCUT2D eigenvalue weighted by molar-refractivity contribution is -0.136. The molecule has 4 rings (SSSR count). The van der Waals surface area contributed by atoms with Crippen LogP contribution in [-0.2, 0) is 16.1 Å². The molecule has 8 heteroatoms. The number of hydrogen-bond acceptors (Lipinski definition) is 6. The first-order chi connectivity index (χ1) is 13.1. The highest BCUT2D eigenvalue weighted by Crippen LogP contribution is 2.29. The van der Waals surface area contributed by atoms with E-state index in [4.69, 9.17) is 0 Å². The van der Waals surface area contributed by atoms with Crippen molar-refractivity contribution >= 4 is 23.6 Å². The van der Waals surface area contributed by atoms with Gasteiger partial charge >= 0.3 is 0 Å². The van der Waals surface area contributed by atoms with Crippen LogP contribution in [-0.4, -0.2) is 53.7 Å². The lowest BCUT2D eigenvalue weighted by atomic mass is 10.0. The third-order valence-corrected chi connectivity index (χ3v) is 5.42. The van der Waals surface area contributed by atoms with Crippen LogP contribution in [0, 0.1) is 0 Å². The SMILES string of the molecule is O=C1CCC(N2C(=O)c3cccc(CNCC4CCCN4)c3C2=O)C(=O)N1. The number of hydrogen-bond donors (Lipinski definition) is 3. The van der Waals surface area contributed by atoms with E-state index in [0.29, 0.717) is 23.7 Å². The molecule has 2 unspecified atom stereocenters. The lowest BCUT2D eigenvalue weighted by Crippen LogP contribution is -2.54. The largest absolute Gasteiger partial charge is 0.313 e. The van der Waals surface area contributed by atoms with Gasteiger partial charge in [0.05, 0.1) is 11.1 Å². The maximum absolute atomic E-state index is 13.0. The molecule has 3 heterocycles. The summed E-state index contributed by atoms with van der Waals surface area (Å²) < 4.78 is 0. The average Bonchev–Trinajstić information content (AvgIpc) is 3.24. The lowest BCUT2D eigenvalue weighted by Gasteiger charge is -2.27. The van der Waals surface area contributed by atoms with E-state index in [-0.39, 0.29) is 18.7 Å². The Morgan fingerprint density at radius 2 is 1.96 bits per heavy atom. The van der Waals surface area contributed by atoms with Crippen molar-refractivity contribution < 1.29 is 19.2 Å². The first-order valence-electron chi connectivity index (χ1n) is 9.34. The van der Waals surface area contributed by atoms with Gasteiger partial charge in [0.1, 0.15) is 6.04 Å². The molecule has 3 aliphatic heterocycles. The van der Waals surface area contributed by atoms with Gasteiger partial charge in [-0.15, -0.1) is 0 Å². The van der Waals surface area contributed by atoms with Crippen LogP contribution in [0.2, 0.25) is 0 Å². The van der Waals surface area contributed by atoms with Crippen LogP contribution in [0.15, 0.2) is 18.2 Å². The van der Waals surface area contributed by atoms with Crippen LogP contribution in [0.5, 0.6) is 0 Å². The number of nitrogens with zero attached hydrogens (tertiary/aromatic N) is 1. The summed E-state index contributed by atoms with van der Waals surface area (Å²) in [4.78, 5) is 50.3. The predicted molar refractivity (Wildman–Crippen MR) is 95.8 cm³/mol.